The zero-order chi connectivity index (χ0) is 31.0. The average molecular weight is 626 g/mol. The topological polar surface area (TPSA) is 90.0 Å². The summed E-state index contributed by atoms with van der Waals surface area (Å²) in [6.07, 6.45) is -1.04. The van der Waals surface area contributed by atoms with E-state index in [1.165, 1.54) is 38.3 Å². The van der Waals surface area contributed by atoms with E-state index >= 15 is 0 Å². The highest BCUT2D eigenvalue weighted by Gasteiger charge is 2.73. The molecular formula is C35H25Cl2NO6. The van der Waals surface area contributed by atoms with Crippen molar-refractivity contribution in [2.24, 2.45) is 11.8 Å². The van der Waals surface area contributed by atoms with E-state index in [2.05, 4.69) is 0 Å². The molecule has 3 aliphatic carbocycles. The molecule has 2 bridgehead atoms. The van der Waals surface area contributed by atoms with Crippen LogP contribution in [0.5, 0.6) is 5.75 Å². The normalized spacial score (nSPS) is 25.1. The van der Waals surface area contributed by atoms with Gasteiger partial charge in [-0.25, -0.2) is 9.69 Å². The highest BCUT2D eigenvalue weighted by atomic mass is 35.5. The maximum Gasteiger partial charge on any atom is 0.338 e. The van der Waals surface area contributed by atoms with Gasteiger partial charge in [0.25, 0.3) is 0 Å². The zero-order valence-electron chi connectivity index (χ0n) is 23.6. The van der Waals surface area contributed by atoms with Crippen molar-refractivity contribution in [1.29, 1.82) is 0 Å². The maximum absolute atomic E-state index is 14.1. The highest BCUT2D eigenvalue weighted by Crippen LogP contribution is 2.69. The average Bonchev–Trinajstić information content (AvgIpc) is 3.33. The van der Waals surface area contributed by atoms with Crippen LogP contribution in [0.4, 0.5) is 5.69 Å². The first-order valence-corrected chi connectivity index (χ1v) is 14.8. The SMILES string of the molecule is COc1ccc(C(=O)[C@H](C)OC(=O)c2ccc(N3C(=O)[C@@H]4[C@@H](C3=O)C3(Cl)c5ccccc5C4(Cl)c4ccccc43)cc2)cc1. The Bertz CT molecular complexity index is 1750. The van der Waals surface area contributed by atoms with Gasteiger partial charge in [0.15, 0.2) is 6.10 Å². The molecule has 0 N–H and O–H groups in total. The molecule has 9 heteroatoms. The number of imide groups is 1. The van der Waals surface area contributed by atoms with Crippen molar-refractivity contribution in [3.05, 3.63) is 130 Å². The molecule has 1 fully saturated rings. The van der Waals surface area contributed by atoms with Gasteiger partial charge in [-0.3, -0.25) is 14.4 Å². The first-order chi connectivity index (χ1) is 21.1. The molecule has 44 heavy (non-hydrogen) atoms. The Hall–Kier alpha value is -4.46. The second-order valence-electron chi connectivity index (χ2n) is 11.2. The lowest BCUT2D eigenvalue weighted by molar-refractivity contribution is -0.122. The number of hydrogen-bond acceptors (Lipinski definition) is 6. The van der Waals surface area contributed by atoms with Crippen molar-refractivity contribution < 1.29 is 28.7 Å². The van der Waals surface area contributed by atoms with Crippen LogP contribution >= 0.6 is 23.2 Å². The van der Waals surface area contributed by atoms with Crippen LogP contribution in [-0.4, -0.2) is 36.8 Å². The van der Waals surface area contributed by atoms with Crippen LogP contribution in [0.25, 0.3) is 0 Å². The number of ketones is 1. The summed E-state index contributed by atoms with van der Waals surface area (Å²) in [4.78, 5) is 52.5. The predicted molar refractivity (Wildman–Crippen MR) is 164 cm³/mol. The molecule has 7 nitrogen and oxygen atoms in total. The molecule has 3 atom stereocenters. The number of carbonyl (C=O) groups excluding carboxylic acids is 4. The molecule has 0 spiro atoms. The number of rotatable bonds is 6. The van der Waals surface area contributed by atoms with E-state index in [4.69, 9.17) is 32.7 Å². The Balaban J connectivity index is 1.17. The monoisotopic (exact) mass is 625 g/mol. The number of ether oxygens (including phenoxy) is 2. The van der Waals surface area contributed by atoms with Gasteiger partial charge in [0.1, 0.15) is 15.5 Å². The molecule has 1 saturated heterocycles. The minimum atomic E-state index is -1.29. The summed E-state index contributed by atoms with van der Waals surface area (Å²) in [5.41, 5.74) is 3.68. The van der Waals surface area contributed by atoms with Crippen LogP contribution in [0.3, 0.4) is 0 Å². The summed E-state index contributed by atoms with van der Waals surface area (Å²) in [5, 5.41) is 0. The predicted octanol–water partition coefficient (Wildman–Crippen LogP) is 6.22. The smallest absolute Gasteiger partial charge is 0.338 e. The Kier molecular flexibility index (Phi) is 6.46. The molecule has 1 aliphatic heterocycles. The second kappa shape index (κ2) is 10.0. The lowest BCUT2D eigenvalue weighted by Gasteiger charge is -2.54. The number of esters is 1. The molecule has 0 unspecified atom stereocenters. The van der Waals surface area contributed by atoms with Crippen molar-refractivity contribution in [3.63, 3.8) is 0 Å². The van der Waals surface area contributed by atoms with E-state index in [-0.39, 0.29) is 17.0 Å². The zero-order valence-corrected chi connectivity index (χ0v) is 25.1. The summed E-state index contributed by atoms with van der Waals surface area (Å²) >= 11 is 15.0. The van der Waals surface area contributed by atoms with E-state index in [1.54, 1.807) is 24.3 Å². The number of nitrogens with zero attached hydrogens (tertiary/aromatic N) is 1. The van der Waals surface area contributed by atoms with Gasteiger partial charge in [0.05, 0.1) is 30.2 Å². The van der Waals surface area contributed by atoms with Crippen molar-refractivity contribution in [1.82, 2.24) is 0 Å². The number of hydrogen-bond donors (Lipinski definition) is 0. The number of methoxy groups -OCH3 is 1. The number of Topliss-reactive ketones (excluding diaryl/α,β-unsaturated/α-hetero) is 1. The summed E-state index contributed by atoms with van der Waals surface area (Å²) < 4.78 is 10.5. The molecule has 0 radical (unpaired) electrons. The third kappa shape index (κ3) is 3.75. The van der Waals surface area contributed by atoms with E-state index in [1.807, 2.05) is 48.5 Å². The number of amides is 2. The minimum absolute atomic E-state index is 0.155. The van der Waals surface area contributed by atoms with Gasteiger partial charge < -0.3 is 9.47 Å². The standard InChI is InChI=1S/C35H25Cl2NO6/c1-19(30(39)20-13-17-23(43-2)18-14-20)44-33(42)21-11-15-22(16-12-21)38-31(40)28-29(32(38)41)35(37)25-8-4-3-7-24(25)34(28,36)26-9-5-6-10-27(26)35/h3-19,28-29H,1-2H3/t19-,28-,29-,34?,35?/m0/s1. The Morgan fingerprint density at radius 1 is 0.705 bits per heavy atom. The lowest BCUT2D eigenvalue weighted by Crippen LogP contribution is -2.57. The van der Waals surface area contributed by atoms with E-state index < -0.39 is 45.5 Å². The summed E-state index contributed by atoms with van der Waals surface area (Å²) in [5.74, 6) is -3.28. The van der Waals surface area contributed by atoms with E-state index in [9.17, 15) is 19.2 Å². The van der Waals surface area contributed by atoms with E-state index in [0.717, 1.165) is 27.2 Å². The summed E-state index contributed by atoms with van der Waals surface area (Å²) in [6.45, 7) is 1.50. The third-order valence-corrected chi connectivity index (χ3v) is 10.3. The fourth-order valence-electron chi connectivity index (χ4n) is 6.94. The quantitative estimate of drug-likeness (QED) is 0.109. The van der Waals surface area contributed by atoms with Crippen molar-refractivity contribution in [3.8, 4) is 5.75 Å². The van der Waals surface area contributed by atoms with Crippen LogP contribution in [0.2, 0.25) is 0 Å². The first kappa shape index (κ1) is 28.3. The van der Waals surface area contributed by atoms with Crippen molar-refractivity contribution in [2.75, 3.05) is 12.0 Å². The number of anilines is 1. The van der Waals surface area contributed by atoms with E-state index in [0.29, 0.717) is 11.3 Å². The van der Waals surface area contributed by atoms with Gasteiger partial charge in [-0.2, -0.15) is 0 Å². The number of benzene rings is 4. The largest absolute Gasteiger partial charge is 0.497 e. The molecule has 4 aromatic rings. The van der Waals surface area contributed by atoms with Gasteiger partial charge in [0, 0.05) is 5.56 Å². The molecule has 0 saturated carbocycles. The van der Waals surface area contributed by atoms with Crippen LogP contribution in [-0.2, 0) is 24.1 Å². The van der Waals surface area contributed by atoms with Gasteiger partial charge in [-0.05, 0) is 77.7 Å². The molecule has 4 aliphatic rings. The first-order valence-electron chi connectivity index (χ1n) is 14.1. The van der Waals surface area contributed by atoms with Gasteiger partial charge in [-0.15, -0.1) is 23.2 Å². The summed E-state index contributed by atoms with van der Waals surface area (Å²) in [7, 11) is 1.53. The Labute approximate surface area is 263 Å². The van der Waals surface area contributed by atoms with Gasteiger partial charge in [0.2, 0.25) is 17.6 Å². The van der Waals surface area contributed by atoms with Crippen LogP contribution in [0.15, 0.2) is 97.1 Å². The van der Waals surface area contributed by atoms with Gasteiger partial charge in [-0.1, -0.05) is 48.5 Å². The van der Waals surface area contributed by atoms with Crippen LogP contribution < -0.4 is 9.64 Å². The fourth-order valence-corrected chi connectivity index (χ4v) is 8.04. The second-order valence-corrected chi connectivity index (χ2v) is 12.4. The molecule has 4 aromatic carbocycles. The maximum atomic E-state index is 14.1. The number of halogens is 2. The molecule has 8 rings (SSSR count). The number of alkyl halides is 2. The Morgan fingerprint density at radius 3 is 1.57 bits per heavy atom. The van der Waals surface area contributed by atoms with Crippen LogP contribution in [0.1, 0.15) is 49.9 Å². The van der Waals surface area contributed by atoms with Gasteiger partial charge >= 0.3 is 5.97 Å². The fraction of sp³-hybridized carbons (Fsp3) is 0.200. The molecule has 2 amide bonds. The Morgan fingerprint density at radius 2 is 1.14 bits per heavy atom. The lowest BCUT2D eigenvalue weighted by atomic mass is 9.54. The minimum Gasteiger partial charge on any atom is -0.497 e. The third-order valence-electron chi connectivity index (χ3n) is 8.97. The summed E-state index contributed by atoms with van der Waals surface area (Å²) in [6, 6.07) is 27.3. The van der Waals surface area contributed by atoms with Crippen molar-refractivity contribution in [2.45, 2.75) is 22.8 Å². The molecule has 0 aromatic heterocycles. The molecule has 220 valence electrons. The molecule has 1 heterocycles. The van der Waals surface area contributed by atoms with Crippen molar-refractivity contribution >= 4 is 52.5 Å². The molecular weight excluding hydrogens is 601 g/mol. The van der Waals surface area contributed by atoms with Crippen LogP contribution in [0, 0.1) is 11.8 Å². The number of carbonyl (C=O) groups is 4. The highest BCUT2D eigenvalue weighted by molar-refractivity contribution is 6.38.